The lowest BCUT2D eigenvalue weighted by Crippen LogP contribution is -2.49. The van der Waals surface area contributed by atoms with E-state index >= 15 is 0 Å². The van der Waals surface area contributed by atoms with E-state index in [1.807, 2.05) is 50.2 Å². The number of sulfonamides is 1. The van der Waals surface area contributed by atoms with Crippen LogP contribution in [0.5, 0.6) is 11.5 Å². The molecule has 1 aromatic heterocycles. The van der Waals surface area contributed by atoms with E-state index in [0.717, 1.165) is 40.2 Å². The zero-order valence-corrected chi connectivity index (χ0v) is 26.4. The minimum absolute atomic E-state index is 0.0922. The molecule has 43 heavy (non-hydrogen) atoms. The maximum absolute atomic E-state index is 13.2. The van der Waals surface area contributed by atoms with E-state index in [2.05, 4.69) is 23.2 Å². The van der Waals surface area contributed by atoms with Crippen molar-refractivity contribution in [3.8, 4) is 11.5 Å². The van der Waals surface area contributed by atoms with Crippen LogP contribution in [-0.4, -0.2) is 73.5 Å². The van der Waals surface area contributed by atoms with Crippen molar-refractivity contribution < 1.29 is 17.9 Å². The molecule has 3 aromatic carbocycles. The zero-order chi connectivity index (χ0) is 30.4. The molecule has 0 saturated carbocycles. The number of benzene rings is 3. The Morgan fingerprint density at radius 1 is 0.907 bits per heavy atom. The molecule has 0 bridgehead atoms. The van der Waals surface area contributed by atoms with E-state index in [0.29, 0.717) is 56.8 Å². The molecule has 4 aromatic rings. The summed E-state index contributed by atoms with van der Waals surface area (Å²) in [7, 11) is -3.58. The minimum atomic E-state index is -3.58. The maximum Gasteiger partial charge on any atom is 0.243 e. The normalized spacial score (nSPS) is 15.3. The van der Waals surface area contributed by atoms with Crippen molar-refractivity contribution in [1.82, 2.24) is 19.2 Å². The highest BCUT2D eigenvalue weighted by Gasteiger charge is 2.31. The van der Waals surface area contributed by atoms with Crippen LogP contribution in [-0.2, 0) is 16.4 Å². The number of ether oxygens (including phenoxy) is 2. The Kier molecular flexibility index (Phi) is 10.0. The Labute approximate surface area is 258 Å². The summed E-state index contributed by atoms with van der Waals surface area (Å²) < 4.78 is 39.3. The molecule has 1 atom stereocenters. The molecule has 0 spiro atoms. The van der Waals surface area contributed by atoms with Gasteiger partial charge in [-0.25, -0.2) is 18.4 Å². The number of hydrogen-bond donors (Lipinski definition) is 1. The molecule has 9 nitrogen and oxygen atoms in total. The molecule has 0 radical (unpaired) electrons. The summed E-state index contributed by atoms with van der Waals surface area (Å²) in [6, 6.07) is 20.3. The second kappa shape index (κ2) is 13.9. The summed E-state index contributed by atoms with van der Waals surface area (Å²) in [6.45, 7) is 9.76. The van der Waals surface area contributed by atoms with Crippen molar-refractivity contribution in [3.05, 3.63) is 83.1 Å². The van der Waals surface area contributed by atoms with Crippen LogP contribution in [0, 0.1) is 0 Å². The Morgan fingerprint density at radius 2 is 1.60 bits per heavy atom. The average Bonchev–Trinajstić information content (AvgIpc) is 3.02. The van der Waals surface area contributed by atoms with Gasteiger partial charge >= 0.3 is 0 Å². The first-order valence-corrected chi connectivity index (χ1v) is 16.5. The van der Waals surface area contributed by atoms with Gasteiger partial charge < -0.3 is 14.8 Å². The Balaban J connectivity index is 1.27. The lowest BCUT2D eigenvalue weighted by Gasteiger charge is -2.36. The molecule has 11 heteroatoms. The smallest absolute Gasteiger partial charge is 0.243 e. The van der Waals surface area contributed by atoms with Crippen LogP contribution in [0.1, 0.15) is 38.2 Å². The number of para-hydroxylation sites is 1. The van der Waals surface area contributed by atoms with Crippen LogP contribution in [0.4, 0.5) is 5.82 Å². The van der Waals surface area contributed by atoms with Gasteiger partial charge in [0, 0.05) is 43.1 Å². The molecule has 0 aliphatic carbocycles. The molecular weight excluding hydrogens is 586 g/mol. The van der Waals surface area contributed by atoms with Crippen LogP contribution in [0.3, 0.4) is 0 Å². The fourth-order valence-electron chi connectivity index (χ4n) is 5.24. The van der Waals surface area contributed by atoms with Gasteiger partial charge in [0.15, 0.2) is 11.5 Å². The molecule has 1 N–H and O–H groups in total. The minimum Gasteiger partial charge on any atom is -0.490 e. The molecule has 1 aliphatic heterocycles. The molecule has 1 fully saturated rings. The van der Waals surface area contributed by atoms with Gasteiger partial charge in [0.25, 0.3) is 0 Å². The van der Waals surface area contributed by atoms with Gasteiger partial charge in [0.05, 0.1) is 29.7 Å². The van der Waals surface area contributed by atoms with Crippen molar-refractivity contribution in [2.45, 2.75) is 38.1 Å². The number of nitrogens with zero attached hydrogens (tertiary/aromatic N) is 4. The monoisotopic (exact) mass is 623 g/mol. The van der Waals surface area contributed by atoms with Crippen molar-refractivity contribution in [2.24, 2.45) is 0 Å². The molecule has 1 aliphatic rings. The van der Waals surface area contributed by atoms with Gasteiger partial charge in [-0.3, -0.25) is 4.90 Å². The number of nitrogens with one attached hydrogen (secondary N) is 1. The first-order chi connectivity index (χ1) is 20.8. The van der Waals surface area contributed by atoms with Crippen molar-refractivity contribution in [1.29, 1.82) is 0 Å². The molecule has 5 rings (SSSR count). The standard InChI is InChI=1S/C32H38ClN5O4S/c1-4-41-29-15-10-24(22-30(29)42-5-2)16-17-34-32-27-8-6-7-9-28(27)35-31(36-32)23(3)37-18-20-38(21-19-37)43(39,40)26-13-11-25(33)12-14-26/h6-15,22-23H,4-5,16-21H2,1-3H3,(H,34,35,36)/t23-/m1/s1. The number of rotatable bonds is 12. The summed E-state index contributed by atoms with van der Waals surface area (Å²) in [5, 5.41) is 5.00. The zero-order valence-electron chi connectivity index (χ0n) is 24.8. The highest BCUT2D eigenvalue weighted by Crippen LogP contribution is 2.30. The van der Waals surface area contributed by atoms with Crippen molar-refractivity contribution >= 4 is 38.3 Å². The van der Waals surface area contributed by atoms with Crippen molar-refractivity contribution in [2.75, 3.05) is 51.3 Å². The van der Waals surface area contributed by atoms with E-state index in [4.69, 9.17) is 31.0 Å². The first kappa shape index (κ1) is 31.0. The fourth-order valence-corrected chi connectivity index (χ4v) is 6.79. The van der Waals surface area contributed by atoms with E-state index in [1.54, 1.807) is 24.3 Å². The quantitative estimate of drug-likeness (QED) is 0.211. The van der Waals surface area contributed by atoms with Crippen molar-refractivity contribution in [3.63, 3.8) is 0 Å². The highest BCUT2D eigenvalue weighted by molar-refractivity contribution is 7.89. The van der Waals surface area contributed by atoms with Crippen LogP contribution < -0.4 is 14.8 Å². The third kappa shape index (κ3) is 7.21. The Bertz CT molecular complexity index is 1640. The largest absolute Gasteiger partial charge is 0.490 e. The first-order valence-electron chi connectivity index (χ1n) is 14.7. The van der Waals surface area contributed by atoms with Gasteiger partial charge in [-0.15, -0.1) is 0 Å². The van der Waals surface area contributed by atoms with Crippen LogP contribution in [0.25, 0.3) is 10.9 Å². The van der Waals surface area contributed by atoms with Crippen LogP contribution >= 0.6 is 11.6 Å². The molecule has 228 valence electrons. The topological polar surface area (TPSA) is 96.9 Å². The number of hydrogen-bond acceptors (Lipinski definition) is 8. The predicted octanol–water partition coefficient (Wildman–Crippen LogP) is 5.80. The molecule has 2 heterocycles. The summed E-state index contributed by atoms with van der Waals surface area (Å²) in [5.74, 6) is 3.00. The van der Waals surface area contributed by atoms with E-state index in [-0.39, 0.29) is 10.9 Å². The van der Waals surface area contributed by atoms with E-state index in [9.17, 15) is 8.42 Å². The summed E-state index contributed by atoms with van der Waals surface area (Å²) in [6.07, 6.45) is 0.778. The third-order valence-corrected chi connectivity index (χ3v) is 9.75. The fraction of sp³-hybridized carbons (Fsp3) is 0.375. The second-order valence-electron chi connectivity index (χ2n) is 10.3. The Morgan fingerprint density at radius 3 is 2.33 bits per heavy atom. The van der Waals surface area contributed by atoms with Gasteiger partial charge in [-0.05, 0) is 81.3 Å². The summed E-state index contributed by atoms with van der Waals surface area (Å²) in [4.78, 5) is 12.3. The number of anilines is 1. The highest BCUT2D eigenvalue weighted by atomic mass is 35.5. The van der Waals surface area contributed by atoms with E-state index in [1.165, 1.54) is 4.31 Å². The van der Waals surface area contributed by atoms with Gasteiger partial charge in [0.1, 0.15) is 11.6 Å². The number of halogens is 1. The molecular formula is C32H38ClN5O4S. The van der Waals surface area contributed by atoms with Gasteiger partial charge in [-0.2, -0.15) is 4.31 Å². The van der Waals surface area contributed by atoms with E-state index < -0.39 is 10.0 Å². The van der Waals surface area contributed by atoms with Crippen LogP contribution in [0.15, 0.2) is 71.6 Å². The third-order valence-electron chi connectivity index (χ3n) is 7.58. The SMILES string of the molecule is CCOc1ccc(CCNc2nc([C@@H](C)N3CCN(S(=O)(=O)c4ccc(Cl)cc4)CC3)nc3ccccc23)cc1OCC. The maximum atomic E-state index is 13.2. The number of aromatic nitrogens is 2. The average molecular weight is 624 g/mol. The molecule has 1 saturated heterocycles. The summed E-state index contributed by atoms with van der Waals surface area (Å²) >= 11 is 5.95. The predicted molar refractivity (Wildman–Crippen MR) is 171 cm³/mol. The van der Waals surface area contributed by atoms with Gasteiger partial charge in [0.2, 0.25) is 10.0 Å². The van der Waals surface area contributed by atoms with Gasteiger partial charge in [-0.1, -0.05) is 29.8 Å². The molecule has 0 unspecified atom stereocenters. The lowest BCUT2D eigenvalue weighted by molar-refractivity contribution is 0.141. The number of fused-ring (bicyclic) bond motifs is 1. The second-order valence-corrected chi connectivity index (χ2v) is 12.7. The Hall–Kier alpha value is -3.44. The lowest BCUT2D eigenvalue weighted by atomic mass is 10.1. The van der Waals surface area contributed by atoms with Crippen LogP contribution in [0.2, 0.25) is 5.02 Å². The summed E-state index contributed by atoms with van der Waals surface area (Å²) in [5.41, 5.74) is 2.00. The number of piperazine rings is 1. The molecule has 0 amide bonds.